The molecule has 3 N–H and O–H groups in total. The Labute approximate surface area is 96.4 Å². The Morgan fingerprint density at radius 1 is 1.53 bits per heavy atom. The number of ether oxygens (including phenoxy) is 1. The van der Waals surface area contributed by atoms with Crippen LogP contribution in [0.4, 0.5) is 4.39 Å². The SMILES string of the molecule is Cc1nc2cc(F)c(OCCN)cc2c(=O)[nH]1. The van der Waals surface area contributed by atoms with E-state index in [2.05, 4.69) is 9.97 Å². The normalized spacial score (nSPS) is 10.8. The van der Waals surface area contributed by atoms with Crippen molar-refractivity contribution in [1.29, 1.82) is 0 Å². The minimum atomic E-state index is -0.552. The molecule has 0 fully saturated rings. The van der Waals surface area contributed by atoms with E-state index in [1.165, 1.54) is 12.1 Å². The van der Waals surface area contributed by atoms with Crippen LogP contribution in [0.3, 0.4) is 0 Å². The Morgan fingerprint density at radius 2 is 2.29 bits per heavy atom. The number of hydrogen-bond donors (Lipinski definition) is 2. The van der Waals surface area contributed by atoms with E-state index < -0.39 is 5.82 Å². The second-order valence-electron chi connectivity index (χ2n) is 3.59. The predicted octanol–water partition coefficient (Wildman–Crippen LogP) is 0.708. The summed E-state index contributed by atoms with van der Waals surface area (Å²) in [6, 6.07) is 2.52. The number of rotatable bonds is 3. The van der Waals surface area contributed by atoms with Gasteiger partial charge in [0, 0.05) is 12.6 Å². The Kier molecular flexibility index (Phi) is 3.06. The van der Waals surface area contributed by atoms with Crippen LogP contribution in [-0.2, 0) is 0 Å². The summed E-state index contributed by atoms with van der Waals surface area (Å²) in [5, 5.41) is 0.295. The highest BCUT2D eigenvalue weighted by atomic mass is 19.1. The van der Waals surface area contributed by atoms with Gasteiger partial charge in [0.1, 0.15) is 12.4 Å². The van der Waals surface area contributed by atoms with Gasteiger partial charge in [0.25, 0.3) is 5.56 Å². The lowest BCUT2D eigenvalue weighted by Crippen LogP contribution is -2.13. The minimum absolute atomic E-state index is 0.0131. The van der Waals surface area contributed by atoms with Crippen molar-refractivity contribution in [1.82, 2.24) is 9.97 Å². The van der Waals surface area contributed by atoms with Crippen LogP contribution in [0.15, 0.2) is 16.9 Å². The molecule has 6 heteroatoms. The van der Waals surface area contributed by atoms with Crippen molar-refractivity contribution in [3.05, 3.63) is 34.1 Å². The van der Waals surface area contributed by atoms with E-state index in [0.29, 0.717) is 16.7 Å². The maximum atomic E-state index is 13.6. The van der Waals surface area contributed by atoms with Gasteiger partial charge in [-0.3, -0.25) is 4.79 Å². The fraction of sp³-hybridized carbons (Fsp3) is 0.273. The zero-order chi connectivity index (χ0) is 12.4. The molecular weight excluding hydrogens is 225 g/mol. The molecule has 0 unspecified atom stereocenters. The van der Waals surface area contributed by atoms with Gasteiger partial charge in [0.2, 0.25) is 0 Å². The zero-order valence-corrected chi connectivity index (χ0v) is 9.29. The number of H-pyrrole nitrogens is 1. The number of benzene rings is 1. The maximum absolute atomic E-state index is 13.6. The number of fused-ring (bicyclic) bond motifs is 1. The van der Waals surface area contributed by atoms with Crippen LogP contribution in [0, 0.1) is 12.7 Å². The number of hydrogen-bond acceptors (Lipinski definition) is 4. The molecule has 0 saturated heterocycles. The summed E-state index contributed by atoms with van der Waals surface area (Å²) in [5.74, 6) is -0.0971. The first-order valence-corrected chi connectivity index (χ1v) is 5.15. The molecule has 2 rings (SSSR count). The Morgan fingerprint density at radius 3 is 3.00 bits per heavy atom. The number of aromatic nitrogens is 2. The summed E-state index contributed by atoms with van der Waals surface area (Å²) >= 11 is 0. The molecule has 5 nitrogen and oxygen atoms in total. The quantitative estimate of drug-likeness (QED) is 0.823. The second kappa shape index (κ2) is 4.50. The van der Waals surface area contributed by atoms with Crippen molar-refractivity contribution in [2.75, 3.05) is 13.2 Å². The number of halogens is 1. The molecule has 0 aliphatic heterocycles. The molecule has 2 aromatic rings. The second-order valence-corrected chi connectivity index (χ2v) is 3.59. The maximum Gasteiger partial charge on any atom is 0.258 e. The van der Waals surface area contributed by atoms with E-state index in [0.717, 1.165) is 0 Å². The molecule has 0 aliphatic rings. The van der Waals surface area contributed by atoms with E-state index in [-0.39, 0.29) is 24.5 Å². The topological polar surface area (TPSA) is 81.0 Å². The van der Waals surface area contributed by atoms with Gasteiger partial charge >= 0.3 is 0 Å². The van der Waals surface area contributed by atoms with Crippen molar-refractivity contribution in [3.63, 3.8) is 0 Å². The highest BCUT2D eigenvalue weighted by molar-refractivity contribution is 5.79. The molecule has 0 saturated carbocycles. The molecule has 0 amide bonds. The summed E-state index contributed by atoms with van der Waals surface area (Å²) in [7, 11) is 0. The average Bonchev–Trinajstić information content (AvgIpc) is 2.26. The van der Waals surface area contributed by atoms with Gasteiger partial charge in [0.15, 0.2) is 11.6 Å². The molecule has 0 spiro atoms. The fourth-order valence-electron chi connectivity index (χ4n) is 1.54. The Bertz CT molecular complexity index is 609. The highest BCUT2D eigenvalue weighted by Crippen LogP contribution is 2.21. The number of aromatic amines is 1. The molecule has 0 radical (unpaired) electrons. The molecular formula is C11H12FN3O2. The summed E-state index contributed by atoms with van der Waals surface area (Å²) in [6.45, 7) is 2.11. The van der Waals surface area contributed by atoms with E-state index in [1.54, 1.807) is 6.92 Å². The first kappa shape index (κ1) is 11.5. The van der Waals surface area contributed by atoms with E-state index >= 15 is 0 Å². The Hall–Kier alpha value is -1.95. The summed E-state index contributed by atoms with van der Waals surface area (Å²) in [6.07, 6.45) is 0. The van der Waals surface area contributed by atoms with Gasteiger partial charge in [-0.05, 0) is 13.0 Å². The lowest BCUT2D eigenvalue weighted by atomic mass is 10.2. The molecule has 0 bridgehead atoms. The van der Waals surface area contributed by atoms with Crippen molar-refractivity contribution in [2.45, 2.75) is 6.92 Å². The van der Waals surface area contributed by atoms with E-state index in [9.17, 15) is 9.18 Å². The van der Waals surface area contributed by atoms with Crippen molar-refractivity contribution >= 4 is 10.9 Å². The van der Waals surface area contributed by atoms with Gasteiger partial charge < -0.3 is 15.5 Å². The summed E-state index contributed by atoms with van der Waals surface area (Å²) in [4.78, 5) is 18.2. The summed E-state index contributed by atoms with van der Waals surface area (Å²) < 4.78 is 18.7. The largest absolute Gasteiger partial charge is 0.489 e. The molecule has 0 atom stereocenters. The van der Waals surface area contributed by atoms with Crippen LogP contribution in [0.2, 0.25) is 0 Å². The van der Waals surface area contributed by atoms with Crippen LogP contribution in [0.5, 0.6) is 5.75 Å². The molecule has 1 heterocycles. The zero-order valence-electron chi connectivity index (χ0n) is 9.29. The lowest BCUT2D eigenvalue weighted by Gasteiger charge is -2.07. The smallest absolute Gasteiger partial charge is 0.258 e. The molecule has 0 aliphatic carbocycles. The van der Waals surface area contributed by atoms with E-state index in [1.807, 2.05) is 0 Å². The van der Waals surface area contributed by atoms with Gasteiger partial charge in [-0.2, -0.15) is 0 Å². The van der Waals surface area contributed by atoms with Crippen molar-refractivity contribution in [3.8, 4) is 5.75 Å². The lowest BCUT2D eigenvalue weighted by molar-refractivity contribution is 0.311. The van der Waals surface area contributed by atoms with Crippen LogP contribution in [-0.4, -0.2) is 23.1 Å². The number of nitrogens with zero attached hydrogens (tertiary/aromatic N) is 1. The number of nitrogens with two attached hydrogens (primary N) is 1. The monoisotopic (exact) mass is 237 g/mol. The van der Waals surface area contributed by atoms with Crippen molar-refractivity contribution in [2.24, 2.45) is 5.73 Å². The van der Waals surface area contributed by atoms with E-state index in [4.69, 9.17) is 10.5 Å². The van der Waals surface area contributed by atoms with Crippen LogP contribution in [0.25, 0.3) is 10.9 Å². The Balaban J connectivity index is 2.59. The highest BCUT2D eigenvalue weighted by Gasteiger charge is 2.09. The molecule has 90 valence electrons. The molecule has 17 heavy (non-hydrogen) atoms. The van der Waals surface area contributed by atoms with Crippen LogP contribution >= 0.6 is 0 Å². The first-order valence-electron chi connectivity index (χ1n) is 5.15. The third kappa shape index (κ3) is 2.26. The standard InChI is InChI=1S/C11H12FN3O2/c1-6-14-9-5-8(12)10(17-3-2-13)4-7(9)11(16)15-6/h4-5H,2-3,13H2,1H3,(H,14,15,16). The minimum Gasteiger partial charge on any atom is -0.489 e. The van der Waals surface area contributed by atoms with Gasteiger partial charge in [-0.1, -0.05) is 0 Å². The van der Waals surface area contributed by atoms with Gasteiger partial charge in [-0.15, -0.1) is 0 Å². The molecule has 1 aromatic heterocycles. The third-order valence-corrected chi connectivity index (χ3v) is 2.25. The fourth-order valence-corrected chi connectivity index (χ4v) is 1.54. The van der Waals surface area contributed by atoms with Crippen LogP contribution in [0.1, 0.15) is 5.82 Å². The van der Waals surface area contributed by atoms with Gasteiger partial charge in [0.05, 0.1) is 10.9 Å². The predicted molar refractivity (Wildman–Crippen MR) is 61.6 cm³/mol. The number of aryl methyl sites for hydroxylation is 1. The average molecular weight is 237 g/mol. The molecule has 1 aromatic carbocycles. The van der Waals surface area contributed by atoms with Gasteiger partial charge in [-0.25, -0.2) is 9.37 Å². The first-order chi connectivity index (χ1) is 8.11. The number of nitrogens with one attached hydrogen (secondary N) is 1. The third-order valence-electron chi connectivity index (χ3n) is 2.25. The summed E-state index contributed by atoms with van der Waals surface area (Å²) in [5.41, 5.74) is 5.26. The van der Waals surface area contributed by atoms with Crippen LogP contribution < -0.4 is 16.0 Å². The van der Waals surface area contributed by atoms with Crippen molar-refractivity contribution < 1.29 is 9.13 Å².